The number of rotatable bonds is 4. The van der Waals surface area contributed by atoms with Gasteiger partial charge < -0.3 is 20.1 Å². The van der Waals surface area contributed by atoms with Gasteiger partial charge in [-0.3, -0.25) is 4.79 Å². The van der Waals surface area contributed by atoms with Crippen molar-refractivity contribution in [3.8, 4) is 5.88 Å². The number of nitrogens with zero attached hydrogens (tertiary/aromatic N) is 3. The zero-order chi connectivity index (χ0) is 19.3. The third-order valence-corrected chi connectivity index (χ3v) is 5.27. The molecule has 2 N–H and O–H groups in total. The van der Waals surface area contributed by atoms with Crippen LogP contribution < -0.4 is 15.4 Å². The molecule has 2 aromatic heterocycles. The number of carbonyl (C=O) groups excluding carboxylic acids is 1. The Kier molecular flexibility index (Phi) is 3.77. The van der Waals surface area contributed by atoms with Gasteiger partial charge in [-0.05, 0) is 37.6 Å². The zero-order valence-electron chi connectivity index (χ0n) is 15.7. The average molecular weight is 379 g/mol. The summed E-state index contributed by atoms with van der Waals surface area (Å²) in [6.07, 6.45) is 0.905. The van der Waals surface area contributed by atoms with Crippen LogP contribution in [0.15, 0.2) is 36.4 Å². The second kappa shape index (κ2) is 6.20. The lowest BCUT2D eigenvalue weighted by Crippen LogP contribution is -2.26. The Hall–Kier alpha value is -3.13. The highest BCUT2D eigenvalue weighted by atomic mass is 16.5. The molecule has 8 nitrogen and oxygen atoms in total. The summed E-state index contributed by atoms with van der Waals surface area (Å²) in [4.78, 5) is 16.7. The van der Waals surface area contributed by atoms with Crippen molar-refractivity contribution in [2.75, 3.05) is 23.8 Å². The Bertz CT molecular complexity index is 1070. The molecule has 4 heterocycles. The third-order valence-electron chi connectivity index (χ3n) is 5.27. The summed E-state index contributed by atoms with van der Waals surface area (Å²) in [5.41, 5.74) is 2.77. The van der Waals surface area contributed by atoms with E-state index in [9.17, 15) is 4.79 Å². The fourth-order valence-electron chi connectivity index (χ4n) is 3.60. The van der Waals surface area contributed by atoms with Gasteiger partial charge in [0, 0.05) is 23.9 Å². The molecule has 1 saturated heterocycles. The van der Waals surface area contributed by atoms with E-state index in [4.69, 9.17) is 9.47 Å². The van der Waals surface area contributed by atoms with Gasteiger partial charge in [-0.1, -0.05) is 12.1 Å². The third kappa shape index (κ3) is 2.77. The summed E-state index contributed by atoms with van der Waals surface area (Å²) in [6, 6.07) is 11.4. The summed E-state index contributed by atoms with van der Waals surface area (Å²) in [7, 11) is 0. The molecule has 1 fully saturated rings. The Labute approximate surface area is 161 Å². The van der Waals surface area contributed by atoms with E-state index in [1.165, 1.54) is 0 Å². The first-order chi connectivity index (χ1) is 13.5. The van der Waals surface area contributed by atoms with Crippen molar-refractivity contribution in [2.24, 2.45) is 0 Å². The lowest BCUT2D eigenvalue weighted by atomic mass is 9.86. The number of hydrogen-bond acceptors (Lipinski definition) is 6. The highest BCUT2D eigenvalue weighted by Crippen LogP contribution is 2.38. The number of fused-ring (bicyclic) bond motifs is 2. The van der Waals surface area contributed by atoms with E-state index in [1.54, 1.807) is 4.52 Å². The quantitative estimate of drug-likeness (QED) is 0.725. The van der Waals surface area contributed by atoms with Gasteiger partial charge in [0.1, 0.15) is 6.10 Å². The second-order valence-electron chi connectivity index (χ2n) is 7.64. The standard InChI is InChI=1S/C20H21N5O3/c1-20(2)14-7-6-12(10-15(14)22-18(20)26)21-19-23-16-4-3-5-17(25(16)24-19)28-13-8-9-27-11-13/h3-7,10,13H,8-9,11H2,1-2H3,(H,21,24)(H,22,26). The molecule has 3 aromatic rings. The maximum Gasteiger partial charge on any atom is 0.247 e. The van der Waals surface area contributed by atoms with Gasteiger partial charge in [0.05, 0.1) is 18.6 Å². The van der Waals surface area contributed by atoms with Crippen LogP contribution in [-0.4, -0.2) is 39.8 Å². The van der Waals surface area contributed by atoms with Crippen molar-refractivity contribution in [1.29, 1.82) is 0 Å². The summed E-state index contributed by atoms with van der Waals surface area (Å²) >= 11 is 0. The molecule has 1 aromatic carbocycles. The maximum atomic E-state index is 12.1. The molecule has 1 amide bonds. The lowest BCUT2D eigenvalue weighted by Gasteiger charge is -2.15. The van der Waals surface area contributed by atoms with Crippen LogP contribution in [0.2, 0.25) is 0 Å². The molecule has 5 rings (SSSR count). The van der Waals surface area contributed by atoms with Gasteiger partial charge in [0.2, 0.25) is 17.7 Å². The summed E-state index contributed by atoms with van der Waals surface area (Å²) in [5, 5.41) is 10.7. The van der Waals surface area contributed by atoms with E-state index in [0.717, 1.165) is 30.0 Å². The summed E-state index contributed by atoms with van der Waals surface area (Å²) in [5.74, 6) is 1.10. The number of ether oxygens (including phenoxy) is 2. The second-order valence-corrected chi connectivity index (χ2v) is 7.64. The molecule has 1 unspecified atom stereocenters. The topological polar surface area (TPSA) is 89.8 Å². The van der Waals surface area contributed by atoms with Crippen LogP contribution in [0.1, 0.15) is 25.8 Å². The molecule has 2 aliphatic heterocycles. The average Bonchev–Trinajstić information content (AvgIpc) is 3.35. The van der Waals surface area contributed by atoms with Crippen LogP contribution in [-0.2, 0) is 14.9 Å². The number of nitrogens with one attached hydrogen (secondary N) is 2. The highest BCUT2D eigenvalue weighted by molar-refractivity contribution is 6.06. The molecule has 28 heavy (non-hydrogen) atoms. The molecule has 144 valence electrons. The molecule has 0 saturated carbocycles. The molecule has 8 heteroatoms. The normalized spacial score (nSPS) is 20.2. The van der Waals surface area contributed by atoms with Crippen LogP contribution in [0.4, 0.5) is 17.3 Å². The highest BCUT2D eigenvalue weighted by Gasteiger charge is 2.38. The van der Waals surface area contributed by atoms with Crippen molar-refractivity contribution < 1.29 is 14.3 Å². The van der Waals surface area contributed by atoms with E-state index < -0.39 is 5.41 Å². The fraction of sp³-hybridized carbons (Fsp3) is 0.350. The first kappa shape index (κ1) is 17.0. The van der Waals surface area contributed by atoms with Crippen LogP contribution in [0.3, 0.4) is 0 Å². The smallest absolute Gasteiger partial charge is 0.247 e. The van der Waals surface area contributed by atoms with Crippen molar-refractivity contribution in [3.63, 3.8) is 0 Å². The molecule has 1 atom stereocenters. The van der Waals surface area contributed by atoms with E-state index in [0.29, 0.717) is 24.1 Å². The Morgan fingerprint density at radius 2 is 2.21 bits per heavy atom. The molecule has 0 radical (unpaired) electrons. The number of aromatic nitrogens is 3. The van der Waals surface area contributed by atoms with Crippen molar-refractivity contribution >= 4 is 28.9 Å². The first-order valence-electron chi connectivity index (χ1n) is 9.34. The molecule has 2 aliphatic rings. The van der Waals surface area contributed by atoms with Crippen LogP contribution in [0.5, 0.6) is 5.88 Å². The fourth-order valence-corrected chi connectivity index (χ4v) is 3.60. The van der Waals surface area contributed by atoms with E-state index in [-0.39, 0.29) is 12.0 Å². The van der Waals surface area contributed by atoms with Gasteiger partial charge in [-0.2, -0.15) is 9.50 Å². The van der Waals surface area contributed by atoms with Gasteiger partial charge in [0.15, 0.2) is 5.65 Å². The maximum absolute atomic E-state index is 12.1. The molecular weight excluding hydrogens is 358 g/mol. The predicted octanol–water partition coefficient (Wildman–Crippen LogP) is 2.87. The zero-order valence-corrected chi connectivity index (χ0v) is 15.7. The lowest BCUT2D eigenvalue weighted by molar-refractivity contribution is -0.119. The molecule has 0 spiro atoms. The van der Waals surface area contributed by atoms with Crippen LogP contribution >= 0.6 is 0 Å². The Morgan fingerprint density at radius 1 is 1.32 bits per heavy atom. The van der Waals surface area contributed by atoms with E-state index in [1.807, 2.05) is 50.2 Å². The van der Waals surface area contributed by atoms with Gasteiger partial charge in [0.25, 0.3) is 0 Å². The minimum Gasteiger partial charge on any atom is -0.472 e. The minimum atomic E-state index is -0.522. The number of pyridine rings is 1. The summed E-state index contributed by atoms with van der Waals surface area (Å²) < 4.78 is 13.1. The van der Waals surface area contributed by atoms with Gasteiger partial charge in [-0.15, -0.1) is 5.10 Å². The largest absolute Gasteiger partial charge is 0.472 e. The number of benzene rings is 1. The SMILES string of the molecule is CC1(C)C(=O)Nc2cc(Nc3nc4cccc(OC5CCOC5)n4n3)ccc21. The molecular formula is C20H21N5O3. The number of carbonyl (C=O) groups is 1. The summed E-state index contributed by atoms with van der Waals surface area (Å²) in [6.45, 7) is 5.15. The van der Waals surface area contributed by atoms with Gasteiger partial charge in [-0.25, -0.2) is 0 Å². The molecule has 0 bridgehead atoms. The minimum absolute atomic E-state index is 0.00295. The van der Waals surface area contributed by atoms with Crippen molar-refractivity contribution in [3.05, 3.63) is 42.0 Å². The monoisotopic (exact) mass is 379 g/mol. The van der Waals surface area contributed by atoms with E-state index >= 15 is 0 Å². The predicted molar refractivity (Wildman–Crippen MR) is 104 cm³/mol. The van der Waals surface area contributed by atoms with E-state index in [2.05, 4.69) is 20.7 Å². The van der Waals surface area contributed by atoms with Crippen LogP contribution in [0, 0.1) is 0 Å². The van der Waals surface area contributed by atoms with Crippen molar-refractivity contribution in [2.45, 2.75) is 31.8 Å². The molecule has 0 aliphatic carbocycles. The number of hydrogen-bond donors (Lipinski definition) is 2. The number of amides is 1. The number of anilines is 3. The Morgan fingerprint density at radius 3 is 3.04 bits per heavy atom. The van der Waals surface area contributed by atoms with Gasteiger partial charge >= 0.3 is 0 Å². The van der Waals surface area contributed by atoms with Crippen molar-refractivity contribution in [1.82, 2.24) is 14.6 Å². The van der Waals surface area contributed by atoms with Crippen LogP contribution in [0.25, 0.3) is 5.65 Å². The Balaban J connectivity index is 1.42. The first-order valence-corrected chi connectivity index (χ1v) is 9.34.